The van der Waals surface area contributed by atoms with Crippen molar-refractivity contribution in [3.05, 3.63) is 15.6 Å². The topological polar surface area (TPSA) is 52.6 Å². The van der Waals surface area contributed by atoms with Crippen LogP contribution in [-0.2, 0) is 6.54 Å². The largest absolute Gasteiger partial charge is 0.357 e. The molecule has 1 rings (SSSR count). The van der Waals surface area contributed by atoms with Gasteiger partial charge in [-0.25, -0.2) is 9.98 Å². The molecule has 1 heterocycles. The van der Waals surface area contributed by atoms with Gasteiger partial charge in [-0.15, -0.1) is 35.3 Å². The summed E-state index contributed by atoms with van der Waals surface area (Å²) in [7, 11) is 4.18. The summed E-state index contributed by atoms with van der Waals surface area (Å²) in [4.78, 5) is 12.6. The molecule has 128 valence electrons. The summed E-state index contributed by atoms with van der Waals surface area (Å²) in [5.74, 6) is 0.845. The van der Waals surface area contributed by atoms with Crippen LogP contribution >= 0.6 is 35.3 Å². The molecule has 0 spiro atoms. The highest BCUT2D eigenvalue weighted by Crippen LogP contribution is 2.17. The fraction of sp³-hybridized carbons (Fsp3) is 0.733. The first-order valence-corrected chi connectivity index (χ1v) is 8.20. The molecule has 0 unspecified atom stereocenters. The van der Waals surface area contributed by atoms with Gasteiger partial charge in [0.15, 0.2) is 5.96 Å². The maximum absolute atomic E-state index is 4.62. The number of aliphatic imine (C=N–C) groups is 1. The molecule has 0 bridgehead atoms. The zero-order chi connectivity index (χ0) is 16.0. The van der Waals surface area contributed by atoms with E-state index in [0.717, 1.165) is 29.8 Å². The van der Waals surface area contributed by atoms with Crippen molar-refractivity contribution in [3.63, 3.8) is 0 Å². The smallest absolute Gasteiger partial charge is 0.191 e. The molecule has 0 radical (unpaired) electrons. The summed E-state index contributed by atoms with van der Waals surface area (Å²) >= 11 is 1.72. The van der Waals surface area contributed by atoms with Crippen LogP contribution in [0.3, 0.4) is 0 Å². The Morgan fingerprint density at radius 3 is 2.36 bits per heavy atom. The number of hydrogen-bond donors (Lipinski definition) is 2. The average Bonchev–Trinajstić information content (AvgIpc) is 2.72. The lowest BCUT2D eigenvalue weighted by Crippen LogP contribution is -2.50. The van der Waals surface area contributed by atoms with Gasteiger partial charge in [0.1, 0.15) is 5.01 Å². The van der Waals surface area contributed by atoms with Gasteiger partial charge < -0.3 is 15.5 Å². The molecule has 0 saturated carbocycles. The highest BCUT2D eigenvalue weighted by Gasteiger charge is 2.20. The monoisotopic (exact) mass is 439 g/mol. The molecule has 1 aromatic heterocycles. The summed E-state index contributed by atoms with van der Waals surface area (Å²) < 4.78 is 0. The molecule has 1 aromatic rings. The SMILES string of the molecule is CCNC(=NCc1nc(C)c(C)s1)NCC(C)(C)N(C)C.I. The number of likely N-dealkylation sites (N-methyl/N-ethyl adjacent to an activating group) is 1. The fourth-order valence-electron chi connectivity index (χ4n) is 1.55. The lowest BCUT2D eigenvalue weighted by atomic mass is 10.0. The second kappa shape index (κ2) is 9.67. The lowest BCUT2D eigenvalue weighted by molar-refractivity contribution is 0.197. The van der Waals surface area contributed by atoms with E-state index in [1.165, 1.54) is 4.88 Å². The van der Waals surface area contributed by atoms with E-state index in [-0.39, 0.29) is 29.5 Å². The van der Waals surface area contributed by atoms with E-state index >= 15 is 0 Å². The molecule has 0 aromatic carbocycles. The Morgan fingerprint density at radius 2 is 1.91 bits per heavy atom. The minimum absolute atomic E-state index is 0. The van der Waals surface area contributed by atoms with Crippen molar-refractivity contribution in [3.8, 4) is 0 Å². The highest BCUT2D eigenvalue weighted by atomic mass is 127. The van der Waals surface area contributed by atoms with Crippen LogP contribution in [0.2, 0.25) is 0 Å². The van der Waals surface area contributed by atoms with Crippen molar-refractivity contribution in [2.45, 2.75) is 46.7 Å². The molecule has 2 N–H and O–H groups in total. The maximum atomic E-state index is 4.62. The predicted octanol–water partition coefficient (Wildman–Crippen LogP) is 2.77. The zero-order valence-corrected chi connectivity index (χ0v) is 17.9. The molecule has 0 saturated heterocycles. The molecular weight excluding hydrogens is 409 g/mol. The summed E-state index contributed by atoms with van der Waals surface area (Å²) in [6, 6.07) is 0. The van der Waals surface area contributed by atoms with Gasteiger partial charge >= 0.3 is 0 Å². The van der Waals surface area contributed by atoms with Crippen molar-refractivity contribution in [1.29, 1.82) is 0 Å². The molecule has 22 heavy (non-hydrogen) atoms. The molecule has 0 aliphatic rings. The van der Waals surface area contributed by atoms with Crippen LogP contribution in [-0.4, -0.2) is 48.6 Å². The molecule has 0 fully saturated rings. The number of hydrogen-bond acceptors (Lipinski definition) is 4. The van der Waals surface area contributed by atoms with Gasteiger partial charge in [0, 0.05) is 23.5 Å². The van der Waals surface area contributed by atoms with Crippen LogP contribution in [0.15, 0.2) is 4.99 Å². The quantitative estimate of drug-likeness (QED) is 0.407. The van der Waals surface area contributed by atoms with Gasteiger partial charge in [-0.3, -0.25) is 0 Å². The minimum atomic E-state index is 0. The van der Waals surface area contributed by atoms with Crippen molar-refractivity contribution in [2.24, 2.45) is 4.99 Å². The second-order valence-electron chi connectivity index (χ2n) is 6.00. The van der Waals surface area contributed by atoms with Crippen LogP contribution in [0.4, 0.5) is 0 Å². The second-order valence-corrected chi connectivity index (χ2v) is 7.29. The molecule has 0 atom stereocenters. The van der Waals surface area contributed by atoms with Gasteiger partial charge in [-0.1, -0.05) is 0 Å². The summed E-state index contributed by atoms with van der Waals surface area (Å²) in [6.07, 6.45) is 0. The third kappa shape index (κ3) is 6.78. The Balaban J connectivity index is 0.00000441. The normalized spacial score (nSPS) is 12.3. The first kappa shape index (κ1) is 21.6. The Bertz CT molecular complexity index is 463. The van der Waals surface area contributed by atoms with Gasteiger partial charge in [0.25, 0.3) is 0 Å². The maximum Gasteiger partial charge on any atom is 0.191 e. The number of rotatable bonds is 6. The van der Waals surface area contributed by atoms with Crippen LogP contribution in [0, 0.1) is 13.8 Å². The molecule has 5 nitrogen and oxygen atoms in total. The number of aromatic nitrogens is 1. The highest BCUT2D eigenvalue weighted by molar-refractivity contribution is 14.0. The third-order valence-electron chi connectivity index (χ3n) is 3.69. The first-order valence-electron chi connectivity index (χ1n) is 7.38. The van der Waals surface area contributed by atoms with Gasteiger partial charge in [-0.2, -0.15) is 0 Å². The number of guanidine groups is 1. The van der Waals surface area contributed by atoms with Crippen LogP contribution in [0.5, 0.6) is 0 Å². The van der Waals surface area contributed by atoms with E-state index in [2.05, 4.69) is 67.3 Å². The number of thiazole rings is 1. The standard InChI is InChI=1S/C15H29N5S.HI/c1-8-16-14(18-10-15(4,5)20(6)7)17-9-13-19-11(2)12(3)21-13;/h8-10H2,1-7H3,(H2,16,17,18);1H. The number of aryl methyl sites for hydroxylation is 2. The van der Waals surface area contributed by atoms with E-state index in [4.69, 9.17) is 0 Å². The van der Waals surface area contributed by atoms with E-state index in [1.807, 2.05) is 6.92 Å². The molecular formula is C15H30IN5S. The van der Waals surface area contributed by atoms with Crippen LogP contribution < -0.4 is 10.6 Å². The fourth-order valence-corrected chi connectivity index (χ4v) is 2.41. The average molecular weight is 439 g/mol. The summed E-state index contributed by atoms with van der Waals surface area (Å²) in [6.45, 7) is 12.9. The third-order valence-corrected chi connectivity index (χ3v) is 4.75. The van der Waals surface area contributed by atoms with E-state index in [0.29, 0.717) is 6.54 Å². The van der Waals surface area contributed by atoms with Gasteiger partial charge in [0.2, 0.25) is 0 Å². The van der Waals surface area contributed by atoms with Crippen LogP contribution in [0.1, 0.15) is 36.3 Å². The summed E-state index contributed by atoms with van der Waals surface area (Å²) in [5, 5.41) is 7.75. The predicted molar refractivity (Wildman–Crippen MR) is 108 cm³/mol. The Labute approximate surface area is 156 Å². The van der Waals surface area contributed by atoms with Crippen molar-refractivity contribution in [1.82, 2.24) is 20.5 Å². The Morgan fingerprint density at radius 1 is 1.27 bits per heavy atom. The molecule has 0 aliphatic carbocycles. The molecule has 0 amide bonds. The van der Waals surface area contributed by atoms with E-state index in [9.17, 15) is 0 Å². The molecule has 7 heteroatoms. The van der Waals surface area contributed by atoms with Crippen molar-refractivity contribution in [2.75, 3.05) is 27.2 Å². The first-order chi connectivity index (χ1) is 9.76. The van der Waals surface area contributed by atoms with Crippen LogP contribution in [0.25, 0.3) is 0 Å². The minimum Gasteiger partial charge on any atom is -0.357 e. The lowest BCUT2D eigenvalue weighted by Gasteiger charge is -2.33. The van der Waals surface area contributed by atoms with Gasteiger partial charge in [0.05, 0.1) is 12.2 Å². The number of nitrogens with one attached hydrogen (secondary N) is 2. The van der Waals surface area contributed by atoms with E-state index in [1.54, 1.807) is 11.3 Å². The van der Waals surface area contributed by atoms with E-state index < -0.39 is 0 Å². The zero-order valence-electron chi connectivity index (χ0n) is 14.8. The summed E-state index contributed by atoms with van der Waals surface area (Å²) in [5.41, 5.74) is 1.18. The Hall–Kier alpha value is -0.410. The molecule has 0 aliphatic heterocycles. The van der Waals surface area contributed by atoms with Crippen molar-refractivity contribution < 1.29 is 0 Å². The number of halogens is 1. The number of nitrogens with zero attached hydrogens (tertiary/aromatic N) is 3. The van der Waals surface area contributed by atoms with Gasteiger partial charge in [-0.05, 0) is 48.7 Å². The Kier molecular flexibility index (Phi) is 9.49. The van der Waals surface area contributed by atoms with Crippen molar-refractivity contribution >= 4 is 41.3 Å².